The zero-order valence-electron chi connectivity index (χ0n) is 13.0. The molecule has 1 heterocycles. The van der Waals surface area contributed by atoms with Gasteiger partial charge in [-0.05, 0) is 37.1 Å². The Morgan fingerprint density at radius 2 is 1.82 bits per heavy atom. The molecule has 0 unspecified atom stereocenters. The van der Waals surface area contributed by atoms with Crippen LogP contribution < -0.4 is 5.32 Å². The molecule has 1 saturated heterocycles. The lowest BCUT2D eigenvalue weighted by molar-refractivity contribution is -0.130. The van der Waals surface area contributed by atoms with Crippen molar-refractivity contribution < 1.29 is 14.0 Å². The Morgan fingerprint density at radius 3 is 2.36 bits per heavy atom. The summed E-state index contributed by atoms with van der Waals surface area (Å²) in [6.07, 6.45) is 1.63. The summed E-state index contributed by atoms with van der Waals surface area (Å²) in [5, 5.41) is 2.97. The maximum Gasteiger partial charge on any atom is 0.251 e. The van der Waals surface area contributed by atoms with Crippen LogP contribution in [0.1, 0.15) is 23.2 Å². The zero-order valence-corrected chi connectivity index (χ0v) is 13.0. The largest absolute Gasteiger partial charge is 0.349 e. The van der Waals surface area contributed by atoms with E-state index >= 15 is 0 Å². The van der Waals surface area contributed by atoms with E-state index in [0.717, 1.165) is 25.9 Å². The summed E-state index contributed by atoms with van der Waals surface area (Å²) in [4.78, 5) is 27.4. The van der Waals surface area contributed by atoms with Crippen molar-refractivity contribution in [2.45, 2.75) is 18.9 Å². The molecular formula is C16H22FN3O2. The number of hydrogen-bond donors (Lipinski definition) is 1. The van der Waals surface area contributed by atoms with Crippen molar-refractivity contribution in [1.82, 2.24) is 15.1 Å². The van der Waals surface area contributed by atoms with E-state index in [1.165, 1.54) is 24.3 Å². The highest BCUT2D eigenvalue weighted by molar-refractivity contribution is 5.94. The second kappa shape index (κ2) is 7.35. The van der Waals surface area contributed by atoms with Crippen LogP contribution >= 0.6 is 0 Å². The van der Waals surface area contributed by atoms with Gasteiger partial charge in [0.25, 0.3) is 5.91 Å². The molecule has 0 spiro atoms. The average molecular weight is 307 g/mol. The van der Waals surface area contributed by atoms with Crippen LogP contribution in [0.3, 0.4) is 0 Å². The summed E-state index contributed by atoms with van der Waals surface area (Å²) >= 11 is 0. The van der Waals surface area contributed by atoms with Gasteiger partial charge in [0.15, 0.2) is 0 Å². The molecule has 22 heavy (non-hydrogen) atoms. The van der Waals surface area contributed by atoms with Crippen molar-refractivity contribution >= 4 is 11.8 Å². The van der Waals surface area contributed by atoms with Gasteiger partial charge in [0, 0.05) is 38.8 Å². The highest BCUT2D eigenvalue weighted by Gasteiger charge is 2.22. The van der Waals surface area contributed by atoms with Crippen LogP contribution in [0.5, 0.6) is 0 Å². The molecule has 2 amide bonds. The minimum absolute atomic E-state index is 0.0915. The van der Waals surface area contributed by atoms with Crippen molar-refractivity contribution in [3.05, 3.63) is 35.6 Å². The first-order valence-corrected chi connectivity index (χ1v) is 7.44. The van der Waals surface area contributed by atoms with Gasteiger partial charge < -0.3 is 10.2 Å². The number of benzene rings is 1. The number of hydrogen-bond acceptors (Lipinski definition) is 3. The zero-order chi connectivity index (χ0) is 16.1. The maximum absolute atomic E-state index is 12.8. The van der Waals surface area contributed by atoms with Crippen LogP contribution in [0.15, 0.2) is 24.3 Å². The van der Waals surface area contributed by atoms with E-state index in [1.807, 2.05) is 0 Å². The number of carbonyl (C=O) groups is 2. The van der Waals surface area contributed by atoms with Gasteiger partial charge in [-0.3, -0.25) is 14.5 Å². The summed E-state index contributed by atoms with van der Waals surface area (Å²) in [6, 6.07) is 5.63. The Hall–Kier alpha value is -1.95. The van der Waals surface area contributed by atoms with Crippen LogP contribution in [-0.2, 0) is 4.79 Å². The number of nitrogens with one attached hydrogen (secondary N) is 1. The van der Waals surface area contributed by atoms with E-state index in [4.69, 9.17) is 0 Å². The number of rotatable bonds is 4. The van der Waals surface area contributed by atoms with Crippen LogP contribution in [-0.4, -0.2) is 61.4 Å². The average Bonchev–Trinajstić information content (AvgIpc) is 2.49. The van der Waals surface area contributed by atoms with Gasteiger partial charge in [0.2, 0.25) is 5.91 Å². The Morgan fingerprint density at radius 1 is 1.23 bits per heavy atom. The van der Waals surface area contributed by atoms with Gasteiger partial charge in [-0.15, -0.1) is 0 Å². The van der Waals surface area contributed by atoms with Crippen molar-refractivity contribution in [2.75, 3.05) is 33.7 Å². The normalized spacial score (nSPS) is 16.3. The van der Waals surface area contributed by atoms with Crippen LogP contribution in [0.4, 0.5) is 4.39 Å². The smallest absolute Gasteiger partial charge is 0.251 e. The van der Waals surface area contributed by atoms with E-state index in [2.05, 4.69) is 10.2 Å². The second-order valence-corrected chi connectivity index (χ2v) is 5.82. The minimum Gasteiger partial charge on any atom is -0.349 e. The molecular weight excluding hydrogens is 285 g/mol. The second-order valence-electron chi connectivity index (χ2n) is 5.82. The molecule has 0 radical (unpaired) electrons. The van der Waals surface area contributed by atoms with Crippen molar-refractivity contribution in [1.29, 1.82) is 0 Å². The summed E-state index contributed by atoms with van der Waals surface area (Å²) in [6.45, 7) is 1.99. The molecule has 120 valence electrons. The number of carbonyl (C=O) groups excluding carboxylic acids is 2. The molecule has 1 aliphatic rings. The fourth-order valence-corrected chi connectivity index (χ4v) is 2.44. The first-order chi connectivity index (χ1) is 10.5. The van der Waals surface area contributed by atoms with Gasteiger partial charge in [-0.2, -0.15) is 0 Å². The quantitative estimate of drug-likeness (QED) is 0.906. The summed E-state index contributed by atoms with van der Waals surface area (Å²) in [7, 11) is 3.50. The van der Waals surface area contributed by atoms with E-state index in [0.29, 0.717) is 12.1 Å². The summed E-state index contributed by atoms with van der Waals surface area (Å²) in [5.41, 5.74) is 0.464. The van der Waals surface area contributed by atoms with Gasteiger partial charge in [-0.1, -0.05) is 0 Å². The lowest BCUT2D eigenvalue weighted by Crippen LogP contribution is -2.47. The predicted octanol–water partition coefficient (Wildman–Crippen LogP) is 1.11. The number of halogens is 1. The molecule has 1 aromatic rings. The molecule has 1 aliphatic heterocycles. The lowest BCUT2D eigenvalue weighted by Gasteiger charge is -2.32. The number of piperidine rings is 1. The minimum atomic E-state index is -0.351. The standard InChI is InChI=1S/C16H22FN3O2/c1-19(2)15(21)11-20-9-7-14(8-10-20)18-16(22)12-3-5-13(17)6-4-12/h3-6,14H,7-11H2,1-2H3,(H,18,22). The molecule has 1 N–H and O–H groups in total. The Bertz CT molecular complexity index is 523. The van der Waals surface area contributed by atoms with E-state index in [9.17, 15) is 14.0 Å². The van der Waals surface area contributed by atoms with E-state index in [1.54, 1.807) is 19.0 Å². The highest BCUT2D eigenvalue weighted by atomic mass is 19.1. The van der Waals surface area contributed by atoms with Gasteiger partial charge in [-0.25, -0.2) is 4.39 Å². The molecule has 2 rings (SSSR count). The Kier molecular flexibility index (Phi) is 5.49. The molecule has 0 atom stereocenters. The molecule has 0 aliphatic carbocycles. The third-order valence-corrected chi connectivity index (χ3v) is 3.89. The van der Waals surface area contributed by atoms with Crippen molar-refractivity contribution in [3.8, 4) is 0 Å². The molecule has 1 aromatic carbocycles. The number of likely N-dealkylation sites (tertiary alicyclic amines) is 1. The molecule has 0 bridgehead atoms. The first kappa shape index (κ1) is 16.4. The fraction of sp³-hybridized carbons (Fsp3) is 0.500. The number of nitrogens with zero attached hydrogens (tertiary/aromatic N) is 2. The predicted molar refractivity (Wildman–Crippen MR) is 82.0 cm³/mol. The van der Waals surface area contributed by atoms with Crippen LogP contribution in [0.2, 0.25) is 0 Å². The van der Waals surface area contributed by atoms with E-state index < -0.39 is 0 Å². The van der Waals surface area contributed by atoms with Crippen molar-refractivity contribution in [3.63, 3.8) is 0 Å². The van der Waals surface area contributed by atoms with Gasteiger partial charge in [0.05, 0.1) is 6.54 Å². The Balaban J connectivity index is 1.78. The first-order valence-electron chi connectivity index (χ1n) is 7.44. The van der Waals surface area contributed by atoms with Gasteiger partial charge in [0.1, 0.15) is 5.82 Å². The third-order valence-electron chi connectivity index (χ3n) is 3.89. The monoisotopic (exact) mass is 307 g/mol. The topological polar surface area (TPSA) is 52.7 Å². The summed E-state index contributed by atoms with van der Waals surface area (Å²) in [5.74, 6) is -0.438. The summed E-state index contributed by atoms with van der Waals surface area (Å²) < 4.78 is 12.8. The molecule has 0 saturated carbocycles. The number of amides is 2. The van der Waals surface area contributed by atoms with Crippen LogP contribution in [0.25, 0.3) is 0 Å². The van der Waals surface area contributed by atoms with Crippen molar-refractivity contribution in [2.24, 2.45) is 0 Å². The molecule has 1 fully saturated rings. The lowest BCUT2D eigenvalue weighted by atomic mass is 10.0. The van der Waals surface area contributed by atoms with Gasteiger partial charge >= 0.3 is 0 Å². The maximum atomic E-state index is 12.8. The molecule has 6 heteroatoms. The number of likely N-dealkylation sites (N-methyl/N-ethyl adjacent to an activating group) is 1. The molecule has 5 nitrogen and oxygen atoms in total. The highest BCUT2D eigenvalue weighted by Crippen LogP contribution is 2.11. The molecule has 0 aromatic heterocycles. The SMILES string of the molecule is CN(C)C(=O)CN1CCC(NC(=O)c2ccc(F)cc2)CC1. The van der Waals surface area contributed by atoms with Crippen LogP contribution in [0, 0.1) is 5.82 Å². The van der Waals surface area contributed by atoms with E-state index in [-0.39, 0.29) is 23.7 Å². The Labute approximate surface area is 130 Å². The fourth-order valence-electron chi connectivity index (χ4n) is 2.44. The third kappa shape index (κ3) is 4.53.